The van der Waals surface area contributed by atoms with Crippen molar-refractivity contribution in [2.45, 2.75) is 26.7 Å². The first-order valence-electron chi connectivity index (χ1n) is 7.00. The summed E-state index contributed by atoms with van der Waals surface area (Å²) in [7, 11) is 1.83. The number of nitrogens with zero attached hydrogens (tertiary/aromatic N) is 1. The Labute approximate surface area is 121 Å². The van der Waals surface area contributed by atoms with Crippen molar-refractivity contribution in [2.75, 3.05) is 20.2 Å². The third-order valence-corrected chi connectivity index (χ3v) is 2.99. The molecule has 0 fully saturated rings. The zero-order chi connectivity index (χ0) is 15.0. The summed E-state index contributed by atoms with van der Waals surface area (Å²) in [6.45, 7) is 5.15. The van der Waals surface area contributed by atoms with E-state index in [0.717, 1.165) is 18.5 Å². The molecule has 0 aromatic heterocycles. The van der Waals surface area contributed by atoms with Gasteiger partial charge in [-0.15, -0.1) is 0 Å². The van der Waals surface area contributed by atoms with Gasteiger partial charge in [0.15, 0.2) is 0 Å². The Morgan fingerprint density at radius 1 is 1.30 bits per heavy atom. The summed E-state index contributed by atoms with van der Waals surface area (Å²) in [5, 5.41) is 8.66. The zero-order valence-corrected chi connectivity index (χ0v) is 12.5. The summed E-state index contributed by atoms with van der Waals surface area (Å²) >= 11 is 0. The number of rotatable bonds is 5. The van der Waals surface area contributed by atoms with Crippen molar-refractivity contribution in [3.05, 3.63) is 35.4 Å². The van der Waals surface area contributed by atoms with Crippen LogP contribution in [0.4, 0.5) is 0 Å². The van der Waals surface area contributed by atoms with Crippen molar-refractivity contribution in [2.24, 2.45) is 5.92 Å². The number of hydrogen-bond donors (Lipinski definition) is 1. The van der Waals surface area contributed by atoms with Crippen LogP contribution in [0.1, 0.15) is 42.6 Å². The molecule has 3 nitrogen and oxygen atoms in total. The van der Waals surface area contributed by atoms with Crippen LogP contribution in [0.2, 0.25) is 0 Å². The van der Waals surface area contributed by atoms with E-state index < -0.39 is 0 Å². The van der Waals surface area contributed by atoms with Crippen molar-refractivity contribution in [3.8, 4) is 11.8 Å². The predicted molar refractivity (Wildman–Crippen MR) is 81.4 cm³/mol. The smallest absolute Gasteiger partial charge is 0.253 e. The molecular weight excluding hydrogens is 250 g/mol. The van der Waals surface area contributed by atoms with Crippen LogP contribution in [0.25, 0.3) is 0 Å². The van der Waals surface area contributed by atoms with Crippen LogP contribution in [-0.4, -0.2) is 36.1 Å². The zero-order valence-electron chi connectivity index (χ0n) is 12.5. The van der Waals surface area contributed by atoms with E-state index in [1.165, 1.54) is 0 Å². The van der Waals surface area contributed by atoms with Gasteiger partial charge in [-0.1, -0.05) is 25.7 Å². The van der Waals surface area contributed by atoms with Crippen LogP contribution in [0.5, 0.6) is 0 Å². The summed E-state index contributed by atoms with van der Waals surface area (Å²) < 4.78 is 0. The molecule has 0 aliphatic rings. The fraction of sp³-hybridized carbons (Fsp3) is 0.471. The summed E-state index contributed by atoms with van der Waals surface area (Å²) in [5.41, 5.74) is 1.55. The minimum Gasteiger partial charge on any atom is -0.395 e. The molecule has 0 aliphatic heterocycles. The molecule has 0 radical (unpaired) electrons. The fourth-order valence-corrected chi connectivity index (χ4v) is 1.69. The average molecular weight is 273 g/mol. The van der Waals surface area contributed by atoms with Gasteiger partial charge >= 0.3 is 0 Å². The minimum absolute atomic E-state index is 0.0421. The van der Waals surface area contributed by atoms with Gasteiger partial charge in [0.05, 0.1) is 6.61 Å². The number of benzene rings is 1. The Morgan fingerprint density at radius 2 is 1.95 bits per heavy atom. The van der Waals surface area contributed by atoms with Gasteiger partial charge in [-0.05, 0) is 36.6 Å². The molecule has 1 N–H and O–H groups in total. The second kappa shape index (κ2) is 8.39. The van der Waals surface area contributed by atoms with Crippen LogP contribution in [0.3, 0.4) is 0 Å². The van der Waals surface area contributed by atoms with Gasteiger partial charge in [0.1, 0.15) is 0 Å². The molecule has 20 heavy (non-hydrogen) atoms. The lowest BCUT2D eigenvalue weighted by Crippen LogP contribution is -2.28. The monoisotopic (exact) mass is 273 g/mol. The van der Waals surface area contributed by atoms with E-state index in [2.05, 4.69) is 25.7 Å². The van der Waals surface area contributed by atoms with Gasteiger partial charge in [-0.25, -0.2) is 0 Å². The Morgan fingerprint density at radius 3 is 2.50 bits per heavy atom. The second-order valence-electron chi connectivity index (χ2n) is 5.26. The largest absolute Gasteiger partial charge is 0.395 e. The number of aliphatic hydroxyl groups excluding tert-OH is 1. The summed E-state index contributed by atoms with van der Waals surface area (Å²) in [4.78, 5) is 13.9. The summed E-state index contributed by atoms with van der Waals surface area (Å²) in [6.07, 6.45) is 1.48. The first-order chi connectivity index (χ1) is 9.54. The van der Waals surface area contributed by atoms with Gasteiger partial charge in [-0.3, -0.25) is 4.79 Å². The van der Waals surface area contributed by atoms with Crippen molar-refractivity contribution >= 4 is 5.91 Å². The molecule has 1 aromatic rings. The highest BCUT2D eigenvalue weighted by Crippen LogP contribution is 2.08. The van der Waals surface area contributed by atoms with Crippen molar-refractivity contribution in [1.29, 1.82) is 0 Å². The standard InChI is InChI=1S/C17H23NO2/c1-14(2)11-12-18(3)17(20)16-9-7-15(8-10-16)6-4-5-13-19/h7-10,14,19H,5,11-13H2,1-3H3. The quantitative estimate of drug-likeness (QED) is 0.838. The van der Waals surface area contributed by atoms with Gasteiger partial charge in [0.25, 0.3) is 5.91 Å². The van der Waals surface area contributed by atoms with Crippen LogP contribution in [-0.2, 0) is 0 Å². The molecule has 1 amide bonds. The molecule has 1 rings (SSSR count). The van der Waals surface area contributed by atoms with Gasteiger partial charge in [-0.2, -0.15) is 0 Å². The van der Waals surface area contributed by atoms with E-state index >= 15 is 0 Å². The summed E-state index contributed by atoms with van der Waals surface area (Å²) in [5.74, 6) is 6.44. The first-order valence-corrected chi connectivity index (χ1v) is 7.00. The molecule has 0 spiro atoms. The molecule has 0 saturated carbocycles. The molecular formula is C17H23NO2. The van der Waals surface area contributed by atoms with E-state index in [-0.39, 0.29) is 12.5 Å². The van der Waals surface area contributed by atoms with Gasteiger partial charge in [0.2, 0.25) is 0 Å². The number of carbonyl (C=O) groups is 1. The maximum Gasteiger partial charge on any atom is 0.253 e. The van der Waals surface area contributed by atoms with E-state index in [1.807, 2.05) is 19.2 Å². The number of carbonyl (C=O) groups excluding carboxylic acids is 1. The molecule has 0 atom stereocenters. The Bertz CT molecular complexity index is 480. The third-order valence-electron chi connectivity index (χ3n) is 2.99. The van der Waals surface area contributed by atoms with Gasteiger partial charge < -0.3 is 10.0 Å². The minimum atomic E-state index is 0.0421. The Kier molecular flexibility index (Phi) is 6.83. The van der Waals surface area contributed by atoms with Crippen LogP contribution < -0.4 is 0 Å². The Hall–Kier alpha value is -1.79. The molecule has 108 valence electrons. The van der Waals surface area contributed by atoms with Crippen LogP contribution >= 0.6 is 0 Å². The van der Waals surface area contributed by atoms with Crippen molar-refractivity contribution < 1.29 is 9.90 Å². The SMILES string of the molecule is CC(C)CCN(C)C(=O)c1ccc(C#CCCO)cc1. The van der Waals surface area contributed by atoms with E-state index in [0.29, 0.717) is 17.9 Å². The third kappa shape index (κ3) is 5.46. The summed E-state index contributed by atoms with van der Waals surface area (Å²) in [6, 6.07) is 7.29. The average Bonchev–Trinajstić information content (AvgIpc) is 2.45. The lowest BCUT2D eigenvalue weighted by atomic mass is 10.1. The normalized spacial score (nSPS) is 10.1. The fourth-order valence-electron chi connectivity index (χ4n) is 1.69. The van der Waals surface area contributed by atoms with Crippen molar-refractivity contribution in [1.82, 2.24) is 4.90 Å². The van der Waals surface area contributed by atoms with Crippen LogP contribution in [0, 0.1) is 17.8 Å². The molecule has 1 aromatic carbocycles. The topological polar surface area (TPSA) is 40.5 Å². The van der Waals surface area contributed by atoms with Crippen LogP contribution in [0.15, 0.2) is 24.3 Å². The van der Waals surface area contributed by atoms with E-state index in [9.17, 15) is 4.79 Å². The Balaban J connectivity index is 2.64. The van der Waals surface area contributed by atoms with Crippen molar-refractivity contribution in [3.63, 3.8) is 0 Å². The highest BCUT2D eigenvalue weighted by Gasteiger charge is 2.11. The maximum atomic E-state index is 12.2. The highest BCUT2D eigenvalue weighted by molar-refractivity contribution is 5.94. The molecule has 3 heteroatoms. The molecule has 0 aliphatic carbocycles. The lowest BCUT2D eigenvalue weighted by Gasteiger charge is -2.18. The first kappa shape index (κ1) is 16.3. The van der Waals surface area contributed by atoms with E-state index in [4.69, 9.17) is 5.11 Å². The molecule has 0 heterocycles. The van der Waals surface area contributed by atoms with Gasteiger partial charge in [0, 0.05) is 31.1 Å². The molecule has 0 unspecified atom stereocenters. The number of hydrogen-bond acceptors (Lipinski definition) is 2. The maximum absolute atomic E-state index is 12.2. The molecule has 0 saturated heterocycles. The predicted octanol–water partition coefficient (Wildman–Crippen LogP) is 2.54. The van der Waals surface area contributed by atoms with E-state index in [1.54, 1.807) is 17.0 Å². The highest BCUT2D eigenvalue weighted by atomic mass is 16.2. The lowest BCUT2D eigenvalue weighted by molar-refractivity contribution is 0.0789. The second-order valence-corrected chi connectivity index (χ2v) is 5.26. The number of amides is 1. The molecule has 0 bridgehead atoms. The number of aliphatic hydroxyl groups is 1.